The number of para-hydroxylation sites is 1. The molecular formula is C23H25N3O5S2. The fourth-order valence-corrected chi connectivity index (χ4v) is 6.33. The van der Waals surface area contributed by atoms with E-state index in [1.54, 1.807) is 17.4 Å². The topological polar surface area (TPSA) is 97.8 Å². The molecule has 8 nitrogen and oxygen atoms in total. The molecule has 1 N–H and O–H groups in total. The van der Waals surface area contributed by atoms with Gasteiger partial charge in [0.05, 0.1) is 20.1 Å². The summed E-state index contributed by atoms with van der Waals surface area (Å²) in [6.07, 6.45) is 2.02. The van der Waals surface area contributed by atoms with Gasteiger partial charge in [-0.3, -0.25) is 4.79 Å². The lowest BCUT2D eigenvalue weighted by Crippen LogP contribution is -2.40. The largest absolute Gasteiger partial charge is 0.486 e. The molecular weight excluding hydrogens is 462 g/mol. The number of thiazole rings is 1. The first kappa shape index (κ1) is 22.1. The average molecular weight is 488 g/mol. The maximum absolute atomic E-state index is 12.8. The van der Waals surface area contributed by atoms with Crippen LogP contribution in [-0.2, 0) is 14.8 Å². The monoisotopic (exact) mass is 487 g/mol. The van der Waals surface area contributed by atoms with Crippen molar-refractivity contribution in [1.29, 1.82) is 0 Å². The van der Waals surface area contributed by atoms with Crippen LogP contribution in [0.4, 0.5) is 0 Å². The Morgan fingerprint density at radius 3 is 2.82 bits per heavy atom. The highest BCUT2D eigenvalue weighted by molar-refractivity contribution is 7.89. The minimum atomic E-state index is -3.75. The van der Waals surface area contributed by atoms with Crippen LogP contribution in [0, 0.1) is 0 Å². The Morgan fingerprint density at radius 2 is 1.97 bits per heavy atom. The molecule has 1 atom stereocenters. The number of carbonyl (C=O) groups is 1. The molecule has 10 heteroatoms. The van der Waals surface area contributed by atoms with Gasteiger partial charge in [0, 0.05) is 38.0 Å². The molecule has 2 aliphatic heterocycles. The van der Waals surface area contributed by atoms with Gasteiger partial charge in [-0.25, -0.2) is 18.1 Å². The number of ether oxygens (including phenoxy) is 2. The van der Waals surface area contributed by atoms with Crippen molar-refractivity contribution < 1.29 is 22.7 Å². The number of carbonyl (C=O) groups excluding carboxylic acids is 1. The van der Waals surface area contributed by atoms with E-state index in [4.69, 9.17) is 14.5 Å². The van der Waals surface area contributed by atoms with Gasteiger partial charge in [0.25, 0.3) is 0 Å². The number of amides is 1. The first-order chi connectivity index (χ1) is 16.0. The Kier molecular flexibility index (Phi) is 6.22. The van der Waals surface area contributed by atoms with Gasteiger partial charge in [0.2, 0.25) is 15.9 Å². The lowest BCUT2D eigenvalue weighted by molar-refractivity contribution is -0.132. The summed E-state index contributed by atoms with van der Waals surface area (Å²) in [5.74, 6) is 1.11. The predicted octanol–water partition coefficient (Wildman–Crippen LogP) is 3.14. The Hall–Kier alpha value is -2.69. The molecule has 3 aromatic rings. The standard InChI is InChI=1S/C23H25N3O5S2/c27-22(9-10-24-33(28,29)17-7-8-19-20(14-17)31-13-12-30-19)26-11-3-4-16(15-26)23-25-18-5-1-2-6-21(18)32-23/h1-2,5-8,14,16,24H,3-4,9-13,15H2/t16-/m0/s1. The highest BCUT2D eigenvalue weighted by Gasteiger charge is 2.27. The fourth-order valence-electron chi connectivity index (χ4n) is 4.19. The summed E-state index contributed by atoms with van der Waals surface area (Å²) >= 11 is 1.69. The molecule has 1 saturated heterocycles. The van der Waals surface area contributed by atoms with Gasteiger partial charge in [0.15, 0.2) is 11.5 Å². The molecule has 1 aromatic heterocycles. The zero-order valence-electron chi connectivity index (χ0n) is 18.0. The summed E-state index contributed by atoms with van der Waals surface area (Å²) in [5, 5.41) is 1.06. The molecule has 3 heterocycles. The Labute approximate surface area is 196 Å². The number of benzene rings is 2. The maximum Gasteiger partial charge on any atom is 0.240 e. The first-order valence-electron chi connectivity index (χ1n) is 11.0. The van der Waals surface area contributed by atoms with E-state index in [2.05, 4.69) is 10.8 Å². The second-order valence-corrected chi connectivity index (χ2v) is 11.0. The number of hydrogen-bond donors (Lipinski definition) is 1. The van der Waals surface area contributed by atoms with Crippen LogP contribution in [0.5, 0.6) is 11.5 Å². The molecule has 2 aromatic carbocycles. The molecule has 2 aliphatic rings. The molecule has 0 radical (unpaired) electrons. The molecule has 5 rings (SSSR count). The number of rotatable bonds is 6. The Bertz CT molecular complexity index is 1240. The van der Waals surface area contributed by atoms with Crippen molar-refractivity contribution in [2.75, 3.05) is 32.8 Å². The van der Waals surface area contributed by atoms with Crippen molar-refractivity contribution in [3.8, 4) is 11.5 Å². The third-order valence-corrected chi connectivity index (χ3v) is 8.55. The Balaban J connectivity index is 1.17. The minimum absolute atomic E-state index is 0.0396. The lowest BCUT2D eigenvalue weighted by atomic mass is 9.98. The molecule has 0 bridgehead atoms. The summed E-state index contributed by atoms with van der Waals surface area (Å²) < 4.78 is 39.9. The molecule has 0 saturated carbocycles. The van der Waals surface area contributed by atoms with Crippen molar-refractivity contribution in [3.63, 3.8) is 0 Å². The number of fused-ring (bicyclic) bond motifs is 2. The number of nitrogens with one attached hydrogen (secondary N) is 1. The molecule has 1 fully saturated rings. The van der Waals surface area contributed by atoms with E-state index < -0.39 is 10.0 Å². The van der Waals surface area contributed by atoms with Crippen molar-refractivity contribution in [2.24, 2.45) is 0 Å². The van der Waals surface area contributed by atoms with Crippen LogP contribution in [0.1, 0.15) is 30.2 Å². The van der Waals surface area contributed by atoms with Crippen LogP contribution in [0.25, 0.3) is 10.2 Å². The summed E-state index contributed by atoms with van der Waals surface area (Å²) in [4.78, 5) is 19.5. The van der Waals surface area contributed by atoms with E-state index in [0.717, 1.165) is 28.1 Å². The predicted molar refractivity (Wildman–Crippen MR) is 125 cm³/mol. The third-order valence-electron chi connectivity index (χ3n) is 5.89. The molecule has 174 valence electrons. The van der Waals surface area contributed by atoms with Crippen LogP contribution in [0.3, 0.4) is 0 Å². The van der Waals surface area contributed by atoms with Gasteiger partial charge in [-0.15, -0.1) is 11.3 Å². The second-order valence-electron chi connectivity index (χ2n) is 8.15. The zero-order valence-corrected chi connectivity index (χ0v) is 19.7. The van der Waals surface area contributed by atoms with Crippen LogP contribution < -0.4 is 14.2 Å². The fraction of sp³-hybridized carbons (Fsp3) is 0.391. The van der Waals surface area contributed by atoms with Gasteiger partial charge in [-0.1, -0.05) is 12.1 Å². The van der Waals surface area contributed by atoms with E-state index in [9.17, 15) is 13.2 Å². The second kappa shape index (κ2) is 9.28. The van der Waals surface area contributed by atoms with E-state index in [0.29, 0.717) is 37.8 Å². The normalized spacial score (nSPS) is 18.4. The summed E-state index contributed by atoms with van der Waals surface area (Å²) in [7, 11) is -3.75. The number of hydrogen-bond acceptors (Lipinski definition) is 7. The van der Waals surface area contributed by atoms with Gasteiger partial charge >= 0.3 is 0 Å². The van der Waals surface area contributed by atoms with Gasteiger partial charge in [0.1, 0.15) is 13.2 Å². The molecule has 0 spiro atoms. The SMILES string of the molecule is O=C(CCNS(=O)(=O)c1ccc2c(c1)OCCO2)N1CCC[C@H](c2nc3ccccc3s2)C1. The number of sulfonamides is 1. The molecule has 1 amide bonds. The van der Waals surface area contributed by atoms with Crippen LogP contribution >= 0.6 is 11.3 Å². The maximum atomic E-state index is 12.8. The van der Waals surface area contributed by atoms with Crippen molar-refractivity contribution in [1.82, 2.24) is 14.6 Å². The summed E-state index contributed by atoms with van der Waals surface area (Å²) in [6, 6.07) is 12.6. The highest BCUT2D eigenvalue weighted by atomic mass is 32.2. The summed E-state index contributed by atoms with van der Waals surface area (Å²) in [5.41, 5.74) is 0.995. The first-order valence-corrected chi connectivity index (χ1v) is 13.3. The molecule has 33 heavy (non-hydrogen) atoms. The quantitative estimate of drug-likeness (QED) is 0.574. The smallest absolute Gasteiger partial charge is 0.240 e. The van der Waals surface area contributed by atoms with Gasteiger partial charge < -0.3 is 14.4 Å². The van der Waals surface area contributed by atoms with E-state index in [1.807, 2.05) is 23.1 Å². The van der Waals surface area contributed by atoms with Gasteiger partial charge in [-0.2, -0.15) is 0 Å². The summed E-state index contributed by atoms with van der Waals surface area (Å²) in [6.45, 7) is 2.17. The number of aromatic nitrogens is 1. The van der Waals surface area contributed by atoms with Crippen molar-refractivity contribution in [3.05, 3.63) is 47.5 Å². The molecule has 0 unspecified atom stereocenters. The number of likely N-dealkylation sites (tertiary alicyclic amines) is 1. The number of nitrogens with zero attached hydrogens (tertiary/aromatic N) is 2. The highest BCUT2D eigenvalue weighted by Crippen LogP contribution is 2.34. The lowest BCUT2D eigenvalue weighted by Gasteiger charge is -2.32. The van der Waals surface area contributed by atoms with Crippen LogP contribution in [0.2, 0.25) is 0 Å². The third kappa shape index (κ3) is 4.83. The van der Waals surface area contributed by atoms with Gasteiger partial charge in [-0.05, 0) is 37.1 Å². The minimum Gasteiger partial charge on any atom is -0.486 e. The van der Waals surface area contributed by atoms with E-state index in [1.165, 1.54) is 12.1 Å². The number of piperidine rings is 1. The van der Waals surface area contributed by atoms with Crippen molar-refractivity contribution in [2.45, 2.75) is 30.1 Å². The van der Waals surface area contributed by atoms with Crippen LogP contribution in [-0.4, -0.2) is 57.1 Å². The van der Waals surface area contributed by atoms with E-state index in [-0.39, 0.29) is 29.7 Å². The average Bonchev–Trinajstić information content (AvgIpc) is 3.28. The van der Waals surface area contributed by atoms with Crippen LogP contribution in [0.15, 0.2) is 47.4 Å². The van der Waals surface area contributed by atoms with Crippen molar-refractivity contribution >= 4 is 37.5 Å². The Morgan fingerprint density at radius 1 is 1.15 bits per heavy atom. The zero-order chi connectivity index (χ0) is 22.8. The molecule has 0 aliphatic carbocycles. The van der Waals surface area contributed by atoms with E-state index >= 15 is 0 Å².